The molecule has 4 nitrogen and oxygen atoms in total. The van der Waals surface area contributed by atoms with Crippen LogP contribution < -0.4 is 0 Å². The smallest absolute Gasteiger partial charge is 0.156 e. The lowest BCUT2D eigenvalue weighted by Crippen LogP contribution is -2.44. The predicted molar refractivity (Wildman–Crippen MR) is 57.5 cm³/mol. The summed E-state index contributed by atoms with van der Waals surface area (Å²) in [5.41, 5.74) is 0. The molecule has 0 aliphatic carbocycles. The second kappa shape index (κ2) is 5.45. The molecule has 4 heteroatoms. The molecule has 0 amide bonds. The van der Waals surface area contributed by atoms with E-state index in [1.54, 1.807) is 0 Å². The summed E-state index contributed by atoms with van der Waals surface area (Å²) >= 11 is 0. The van der Waals surface area contributed by atoms with Crippen LogP contribution in [0.3, 0.4) is 0 Å². The standard InChI is InChI=1S/C11H19N3O/c12-9-11-10-14(7-8-15-11)6-5-13-3-1-2-4-13/h11H,1-8,10H2. The van der Waals surface area contributed by atoms with Crippen molar-refractivity contribution in [1.82, 2.24) is 9.80 Å². The molecule has 2 fully saturated rings. The normalized spacial score (nSPS) is 29.1. The van der Waals surface area contributed by atoms with E-state index < -0.39 is 0 Å². The van der Waals surface area contributed by atoms with Crippen LogP contribution in [0.25, 0.3) is 0 Å². The van der Waals surface area contributed by atoms with Gasteiger partial charge in [0.25, 0.3) is 0 Å². The van der Waals surface area contributed by atoms with Crippen molar-refractivity contribution in [2.75, 3.05) is 45.9 Å². The Morgan fingerprint density at radius 2 is 1.87 bits per heavy atom. The van der Waals surface area contributed by atoms with Crippen LogP contribution in [0.5, 0.6) is 0 Å². The monoisotopic (exact) mass is 209 g/mol. The maximum atomic E-state index is 8.78. The van der Waals surface area contributed by atoms with Crippen LogP contribution in [0, 0.1) is 11.3 Å². The fourth-order valence-electron chi connectivity index (χ4n) is 2.27. The quantitative estimate of drug-likeness (QED) is 0.670. The van der Waals surface area contributed by atoms with Crippen molar-refractivity contribution >= 4 is 0 Å². The van der Waals surface area contributed by atoms with Crippen molar-refractivity contribution in [3.05, 3.63) is 0 Å². The summed E-state index contributed by atoms with van der Waals surface area (Å²) < 4.78 is 5.31. The third kappa shape index (κ3) is 3.16. The van der Waals surface area contributed by atoms with Crippen LogP contribution in [0.2, 0.25) is 0 Å². The first-order valence-electron chi connectivity index (χ1n) is 5.84. The van der Waals surface area contributed by atoms with Gasteiger partial charge < -0.3 is 9.64 Å². The molecule has 0 saturated carbocycles. The third-order valence-corrected chi connectivity index (χ3v) is 3.23. The summed E-state index contributed by atoms with van der Waals surface area (Å²) in [7, 11) is 0. The first-order valence-corrected chi connectivity index (χ1v) is 5.84. The highest BCUT2D eigenvalue weighted by Crippen LogP contribution is 2.08. The molecular formula is C11H19N3O. The largest absolute Gasteiger partial charge is 0.361 e. The van der Waals surface area contributed by atoms with E-state index in [0.717, 1.165) is 26.2 Å². The molecule has 2 aliphatic rings. The first-order chi connectivity index (χ1) is 7.38. The summed E-state index contributed by atoms with van der Waals surface area (Å²) in [5.74, 6) is 0. The average molecular weight is 209 g/mol. The van der Waals surface area contributed by atoms with E-state index in [-0.39, 0.29) is 6.10 Å². The van der Waals surface area contributed by atoms with E-state index in [2.05, 4.69) is 15.9 Å². The second-order valence-corrected chi connectivity index (χ2v) is 4.34. The number of likely N-dealkylation sites (tertiary alicyclic amines) is 1. The van der Waals surface area contributed by atoms with E-state index in [0.29, 0.717) is 6.61 Å². The average Bonchev–Trinajstić information content (AvgIpc) is 2.79. The second-order valence-electron chi connectivity index (χ2n) is 4.34. The molecule has 2 rings (SSSR count). The van der Waals surface area contributed by atoms with Crippen LogP contribution in [0.15, 0.2) is 0 Å². The number of rotatable bonds is 3. The highest BCUT2D eigenvalue weighted by Gasteiger charge is 2.20. The molecular weight excluding hydrogens is 190 g/mol. The van der Waals surface area contributed by atoms with Gasteiger partial charge in [-0.2, -0.15) is 5.26 Å². The fraction of sp³-hybridized carbons (Fsp3) is 0.909. The minimum Gasteiger partial charge on any atom is -0.361 e. The Labute approximate surface area is 91.4 Å². The van der Waals surface area contributed by atoms with E-state index in [1.165, 1.54) is 25.9 Å². The van der Waals surface area contributed by atoms with Gasteiger partial charge in [0, 0.05) is 26.2 Å². The van der Waals surface area contributed by atoms with Crippen LogP contribution in [-0.4, -0.2) is 61.8 Å². The van der Waals surface area contributed by atoms with Gasteiger partial charge in [0.05, 0.1) is 12.7 Å². The molecule has 1 atom stereocenters. The van der Waals surface area contributed by atoms with Gasteiger partial charge in [-0.1, -0.05) is 0 Å². The molecule has 0 radical (unpaired) electrons. The number of hydrogen-bond donors (Lipinski definition) is 0. The summed E-state index contributed by atoms with van der Waals surface area (Å²) in [6, 6.07) is 2.18. The van der Waals surface area contributed by atoms with Crippen molar-refractivity contribution < 1.29 is 4.74 Å². The van der Waals surface area contributed by atoms with Crippen molar-refractivity contribution in [3.8, 4) is 6.07 Å². The third-order valence-electron chi connectivity index (χ3n) is 3.23. The summed E-state index contributed by atoms with van der Waals surface area (Å²) in [6.45, 7) is 7.21. The highest BCUT2D eigenvalue weighted by atomic mass is 16.5. The maximum absolute atomic E-state index is 8.78. The minimum atomic E-state index is -0.211. The lowest BCUT2D eigenvalue weighted by Gasteiger charge is -2.30. The number of morpholine rings is 1. The number of nitrogens with zero attached hydrogens (tertiary/aromatic N) is 3. The molecule has 0 aromatic rings. The molecule has 1 unspecified atom stereocenters. The number of hydrogen-bond acceptors (Lipinski definition) is 4. The molecule has 0 N–H and O–H groups in total. The molecule has 2 saturated heterocycles. The zero-order valence-electron chi connectivity index (χ0n) is 9.19. The molecule has 2 heterocycles. The Kier molecular flexibility index (Phi) is 3.95. The first kappa shape index (κ1) is 10.9. The van der Waals surface area contributed by atoms with Crippen LogP contribution in [-0.2, 0) is 4.74 Å². The Hall–Kier alpha value is -0.630. The Morgan fingerprint density at radius 1 is 1.13 bits per heavy atom. The number of nitriles is 1. The summed E-state index contributed by atoms with van der Waals surface area (Å²) in [4.78, 5) is 4.85. The SMILES string of the molecule is N#CC1CN(CCN2CCCC2)CCO1. The van der Waals surface area contributed by atoms with Gasteiger partial charge in [0.1, 0.15) is 0 Å². The summed E-state index contributed by atoms with van der Waals surface area (Å²) in [5, 5.41) is 8.78. The Morgan fingerprint density at radius 3 is 2.60 bits per heavy atom. The zero-order valence-corrected chi connectivity index (χ0v) is 9.19. The summed E-state index contributed by atoms with van der Waals surface area (Å²) in [6.07, 6.45) is 2.49. The molecule has 0 aromatic carbocycles. The number of ether oxygens (including phenoxy) is 1. The molecule has 0 spiro atoms. The molecule has 2 aliphatic heterocycles. The fourth-order valence-corrected chi connectivity index (χ4v) is 2.27. The lowest BCUT2D eigenvalue weighted by molar-refractivity contribution is -0.00177. The van der Waals surface area contributed by atoms with Gasteiger partial charge in [0.15, 0.2) is 6.10 Å². The molecule has 0 aromatic heterocycles. The van der Waals surface area contributed by atoms with Gasteiger partial charge in [-0.25, -0.2) is 0 Å². The zero-order chi connectivity index (χ0) is 10.5. The maximum Gasteiger partial charge on any atom is 0.156 e. The van der Waals surface area contributed by atoms with Gasteiger partial charge in [-0.05, 0) is 25.9 Å². The van der Waals surface area contributed by atoms with Crippen molar-refractivity contribution in [2.45, 2.75) is 18.9 Å². The van der Waals surface area contributed by atoms with E-state index in [1.807, 2.05) is 0 Å². The van der Waals surface area contributed by atoms with E-state index in [4.69, 9.17) is 10.00 Å². The van der Waals surface area contributed by atoms with Crippen molar-refractivity contribution in [3.63, 3.8) is 0 Å². The van der Waals surface area contributed by atoms with Gasteiger partial charge in [-0.15, -0.1) is 0 Å². The minimum absolute atomic E-state index is 0.211. The van der Waals surface area contributed by atoms with Gasteiger partial charge in [-0.3, -0.25) is 4.90 Å². The Balaban J connectivity index is 1.67. The predicted octanol–water partition coefficient (Wildman–Crippen LogP) is 0.307. The van der Waals surface area contributed by atoms with Gasteiger partial charge >= 0.3 is 0 Å². The Bertz CT molecular complexity index is 232. The van der Waals surface area contributed by atoms with Crippen LogP contribution in [0.4, 0.5) is 0 Å². The molecule has 0 bridgehead atoms. The molecule has 84 valence electrons. The van der Waals surface area contributed by atoms with Gasteiger partial charge in [0.2, 0.25) is 0 Å². The van der Waals surface area contributed by atoms with E-state index in [9.17, 15) is 0 Å². The topological polar surface area (TPSA) is 39.5 Å². The highest BCUT2D eigenvalue weighted by molar-refractivity contribution is 4.89. The van der Waals surface area contributed by atoms with Crippen LogP contribution >= 0.6 is 0 Å². The van der Waals surface area contributed by atoms with Crippen molar-refractivity contribution in [2.24, 2.45) is 0 Å². The van der Waals surface area contributed by atoms with Crippen molar-refractivity contribution in [1.29, 1.82) is 5.26 Å². The van der Waals surface area contributed by atoms with E-state index >= 15 is 0 Å². The molecule has 15 heavy (non-hydrogen) atoms. The lowest BCUT2D eigenvalue weighted by atomic mass is 10.3. The van der Waals surface area contributed by atoms with Crippen LogP contribution in [0.1, 0.15) is 12.8 Å².